The van der Waals surface area contributed by atoms with E-state index < -0.39 is 0 Å². The van der Waals surface area contributed by atoms with Gasteiger partial charge in [-0.1, -0.05) is 30.3 Å². The zero-order chi connectivity index (χ0) is 12.1. The third kappa shape index (κ3) is 3.04. The number of anilines is 1. The molecule has 0 fully saturated rings. The number of rotatable bonds is 4. The molecule has 0 aliphatic carbocycles. The van der Waals surface area contributed by atoms with Gasteiger partial charge in [-0.15, -0.1) is 0 Å². The summed E-state index contributed by atoms with van der Waals surface area (Å²) in [6, 6.07) is 11.8. The molecule has 0 saturated carbocycles. The predicted molar refractivity (Wildman–Crippen MR) is 68.7 cm³/mol. The van der Waals surface area contributed by atoms with Crippen LogP contribution in [0.25, 0.3) is 0 Å². The van der Waals surface area contributed by atoms with E-state index in [1.165, 1.54) is 0 Å². The number of aliphatic hydroxyl groups excluding tert-OH is 1. The molecule has 0 aliphatic rings. The molecule has 2 N–H and O–H groups in total. The van der Waals surface area contributed by atoms with Crippen LogP contribution in [-0.4, -0.2) is 10.1 Å². The Hall–Kier alpha value is -1.87. The van der Waals surface area contributed by atoms with E-state index in [0.29, 0.717) is 6.54 Å². The number of nitrogens with zero attached hydrogens (tertiary/aromatic N) is 1. The number of aliphatic hydroxyl groups is 1. The SMILES string of the molecule is Cc1cccnc1NCc1cccc(CO)c1. The molecule has 0 spiro atoms. The van der Waals surface area contributed by atoms with Crippen molar-refractivity contribution >= 4 is 5.82 Å². The van der Waals surface area contributed by atoms with Crippen LogP contribution in [0.15, 0.2) is 42.6 Å². The minimum absolute atomic E-state index is 0.0798. The minimum atomic E-state index is 0.0798. The molecule has 1 aromatic heterocycles. The number of hydrogen-bond donors (Lipinski definition) is 2. The number of hydrogen-bond acceptors (Lipinski definition) is 3. The van der Waals surface area contributed by atoms with E-state index in [9.17, 15) is 0 Å². The fourth-order valence-corrected chi connectivity index (χ4v) is 1.69. The second kappa shape index (κ2) is 5.46. The smallest absolute Gasteiger partial charge is 0.129 e. The predicted octanol–water partition coefficient (Wildman–Crippen LogP) is 2.49. The summed E-state index contributed by atoms with van der Waals surface area (Å²) in [6.45, 7) is 2.82. The summed E-state index contributed by atoms with van der Waals surface area (Å²) in [4.78, 5) is 4.28. The maximum absolute atomic E-state index is 9.06. The van der Waals surface area contributed by atoms with E-state index in [1.54, 1.807) is 6.20 Å². The first kappa shape index (κ1) is 11.6. The van der Waals surface area contributed by atoms with Crippen molar-refractivity contribution in [3.05, 3.63) is 59.3 Å². The summed E-state index contributed by atoms with van der Waals surface area (Å²) in [5, 5.41) is 12.3. The van der Waals surface area contributed by atoms with Crippen LogP contribution in [0.4, 0.5) is 5.82 Å². The molecule has 2 aromatic rings. The summed E-state index contributed by atoms with van der Waals surface area (Å²) in [5.41, 5.74) is 3.20. The molecule has 88 valence electrons. The third-order valence-corrected chi connectivity index (χ3v) is 2.64. The fourth-order valence-electron chi connectivity index (χ4n) is 1.69. The molecule has 0 atom stereocenters. The molecule has 3 nitrogen and oxygen atoms in total. The molecule has 0 saturated heterocycles. The van der Waals surface area contributed by atoms with E-state index >= 15 is 0 Å². The van der Waals surface area contributed by atoms with Gasteiger partial charge in [-0.2, -0.15) is 0 Å². The Labute approximate surface area is 101 Å². The van der Waals surface area contributed by atoms with Gasteiger partial charge in [0.2, 0.25) is 0 Å². The fraction of sp³-hybridized carbons (Fsp3) is 0.214. The molecule has 2 rings (SSSR count). The van der Waals surface area contributed by atoms with E-state index in [0.717, 1.165) is 22.5 Å². The van der Waals surface area contributed by atoms with Crippen LogP contribution in [0.3, 0.4) is 0 Å². The molecule has 1 aromatic carbocycles. The average Bonchev–Trinajstić information content (AvgIpc) is 2.38. The van der Waals surface area contributed by atoms with Crippen molar-refractivity contribution in [1.82, 2.24) is 4.98 Å². The van der Waals surface area contributed by atoms with E-state index in [2.05, 4.69) is 10.3 Å². The molecule has 1 heterocycles. The number of pyridine rings is 1. The Balaban J connectivity index is 2.05. The van der Waals surface area contributed by atoms with Gasteiger partial charge in [0.15, 0.2) is 0 Å². The van der Waals surface area contributed by atoms with Crippen LogP contribution in [0.1, 0.15) is 16.7 Å². The normalized spacial score (nSPS) is 10.2. The highest BCUT2D eigenvalue weighted by Crippen LogP contribution is 2.12. The summed E-state index contributed by atoms with van der Waals surface area (Å²) in [7, 11) is 0. The largest absolute Gasteiger partial charge is 0.392 e. The van der Waals surface area contributed by atoms with Crippen molar-refractivity contribution in [3.63, 3.8) is 0 Å². The topological polar surface area (TPSA) is 45.2 Å². The lowest BCUT2D eigenvalue weighted by atomic mass is 10.1. The Morgan fingerprint density at radius 1 is 1.18 bits per heavy atom. The molecular weight excluding hydrogens is 212 g/mol. The second-order valence-corrected chi connectivity index (χ2v) is 4.00. The van der Waals surface area contributed by atoms with Crippen LogP contribution in [-0.2, 0) is 13.2 Å². The third-order valence-electron chi connectivity index (χ3n) is 2.64. The van der Waals surface area contributed by atoms with Gasteiger partial charge in [-0.25, -0.2) is 4.98 Å². The van der Waals surface area contributed by atoms with Gasteiger partial charge in [0.1, 0.15) is 5.82 Å². The Bertz CT molecular complexity index is 497. The van der Waals surface area contributed by atoms with Crippen molar-refractivity contribution in [1.29, 1.82) is 0 Å². The lowest BCUT2D eigenvalue weighted by Gasteiger charge is -2.08. The summed E-state index contributed by atoms with van der Waals surface area (Å²) < 4.78 is 0. The van der Waals surface area contributed by atoms with Gasteiger partial charge in [-0.05, 0) is 29.7 Å². The van der Waals surface area contributed by atoms with Crippen molar-refractivity contribution in [3.8, 4) is 0 Å². The summed E-state index contributed by atoms with van der Waals surface area (Å²) in [6.07, 6.45) is 1.78. The number of nitrogens with one attached hydrogen (secondary N) is 1. The van der Waals surface area contributed by atoms with Crippen molar-refractivity contribution in [2.45, 2.75) is 20.1 Å². The highest BCUT2D eigenvalue weighted by molar-refractivity contribution is 5.43. The highest BCUT2D eigenvalue weighted by atomic mass is 16.3. The Kier molecular flexibility index (Phi) is 3.73. The number of aromatic nitrogens is 1. The molecule has 0 bridgehead atoms. The first-order valence-electron chi connectivity index (χ1n) is 5.64. The second-order valence-electron chi connectivity index (χ2n) is 4.00. The van der Waals surface area contributed by atoms with E-state index in [1.807, 2.05) is 43.3 Å². The van der Waals surface area contributed by atoms with Gasteiger partial charge in [0, 0.05) is 12.7 Å². The van der Waals surface area contributed by atoms with Crippen LogP contribution in [0.5, 0.6) is 0 Å². The molecule has 0 aliphatic heterocycles. The van der Waals surface area contributed by atoms with Crippen molar-refractivity contribution < 1.29 is 5.11 Å². The Morgan fingerprint density at radius 3 is 2.76 bits per heavy atom. The van der Waals surface area contributed by atoms with Gasteiger partial charge in [-0.3, -0.25) is 0 Å². The molecule has 0 unspecified atom stereocenters. The summed E-state index contributed by atoms with van der Waals surface area (Å²) in [5.74, 6) is 0.905. The first-order chi connectivity index (χ1) is 8.29. The van der Waals surface area contributed by atoms with Crippen LogP contribution >= 0.6 is 0 Å². The van der Waals surface area contributed by atoms with Crippen molar-refractivity contribution in [2.24, 2.45) is 0 Å². The maximum Gasteiger partial charge on any atom is 0.129 e. The zero-order valence-corrected chi connectivity index (χ0v) is 9.85. The van der Waals surface area contributed by atoms with Gasteiger partial charge >= 0.3 is 0 Å². The average molecular weight is 228 g/mol. The van der Waals surface area contributed by atoms with Gasteiger partial charge in [0.25, 0.3) is 0 Å². The zero-order valence-electron chi connectivity index (χ0n) is 9.85. The number of aryl methyl sites for hydroxylation is 1. The van der Waals surface area contributed by atoms with Gasteiger partial charge in [0.05, 0.1) is 6.61 Å². The van der Waals surface area contributed by atoms with Crippen LogP contribution in [0.2, 0.25) is 0 Å². The van der Waals surface area contributed by atoms with Crippen LogP contribution in [0, 0.1) is 6.92 Å². The monoisotopic (exact) mass is 228 g/mol. The highest BCUT2D eigenvalue weighted by Gasteiger charge is 1.99. The molecule has 3 heteroatoms. The van der Waals surface area contributed by atoms with Crippen molar-refractivity contribution in [2.75, 3.05) is 5.32 Å². The van der Waals surface area contributed by atoms with E-state index in [-0.39, 0.29) is 6.61 Å². The molecule has 0 radical (unpaired) electrons. The first-order valence-corrected chi connectivity index (χ1v) is 5.64. The van der Waals surface area contributed by atoms with Gasteiger partial charge < -0.3 is 10.4 Å². The lowest BCUT2D eigenvalue weighted by Crippen LogP contribution is -2.03. The lowest BCUT2D eigenvalue weighted by molar-refractivity contribution is 0.281. The Morgan fingerprint density at radius 2 is 2.00 bits per heavy atom. The quantitative estimate of drug-likeness (QED) is 0.845. The van der Waals surface area contributed by atoms with E-state index in [4.69, 9.17) is 5.11 Å². The summed E-state index contributed by atoms with van der Waals surface area (Å²) >= 11 is 0. The molecular formula is C14H16N2O. The number of benzene rings is 1. The molecule has 0 amide bonds. The standard InChI is InChI=1S/C14H16N2O/c1-11-4-3-7-15-14(11)16-9-12-5-2-6-13(8-12)10-17/h2-8,17H,9-10H2,1H3,(H,15,16). The maximum atomic E-state index is 9.06. The minimum Gasteiger partial charge on any atom is -0.392 e. The van der Waals surface area contributed by atoms with Crippen LogP contribution < -0.4 is 5.32 Å². The molecule has 17 heavy (non-hydrogen) atoms.